The number of thioether (sulfide) groups is 1. The molecule has 0 nitrogen and oxygen atoms in total. The predicted molar refractivity (Wildman–Crippen MR) is 146 cm³/mol. The van der Waals surface area contributed by atoms with Crippen molar-refractivity contribution in [1.82, 2.24) is 0 Å². The lowest BCUT2D eigenvalue weighted by Gasteiger charge is -2.47. The van der Waals surface area contributed by atoms with E-state index in [0.29, 0.717) is 0 Å². The first-order chi connectivity index (χ1) is 15.1. The van der Waals surface area contributed by atoms with Crippen molar-refractivity contribution in [1.29, 1.82) is 0 Å². The Morgan fingerprint density at radius 2 is 1.47 bits per heavy atom. The van der Waals surface area contributed by atoms with Crippen molar-refractivity contribution in [2.24, 2.45) is 41.4 Å². The van der Waals surface area contributed by atoms with Crippen LogP contribution in [-0.4, -0.2) is 13.3 Å². The Hall–Kier alpha value is -0.473. The van der Waals surface area contributed by atoms with Crippen LogP contribution in [0.2, 0.25) is 24.2 Å². The Bertz CT molecular complexity index is 900. The molecule has 4 aliphatic rings. The maximum atomic E-state index is 2.84. The lowest BCUT2D eigenvalue weighted by molar-refractivity contribution is 0.149. The third-order valence-electron chi connectivity index (χ3n) is 10.7. The summed E-state index contributed by atoms with van der Waals surface area (Å²) in [6.07, 6.45) is 5.94. The molecule has 0 radical (unpaired) electrons. The molecule has 0 amide bonds. The quantitative estimate of drug-likeness (QED) is 0.400. The zero-order chi connectivity index (χ0) is 22.9. The van der Waals surface area contributed by atoms with Crippen LogP contribution in [0.1, 0.15) is 71.4 Å². The van der Waals surface area contributed by atoms with E-state index in [1.165, 1.54) is 31.2 Å². The van der Waals surface area contributed by atoms with Crippen molar-refractivity contribution < 1.29 is 0 Å². The summed E-state index contributed by atoms with van der Waals surface area (Å²) in [6.45, 7) is 20.8. The largest absolute Gasteiger partial charge is 0.127 e. The smallest absolute Gasteiger partial charge is 0.0555 e. The van der Waals surface area contributed by atoms with Gasteiger partial charge in [0.2, 0.25) is 0 Å². The summed E-state index contributed by atoms with van der Waals surface area (Å²) in [6, 6.07) is 9.16. The fraction of sp³-hybridized carbons (Fsp3) is 0.733. The third kappa shape index (κ3) is 3.53. The van der Waals surface area contributed by atoms with Gasteiger partial charge in [0.25, 0.3) is 0 Å². The fourth-order valence-corrected chi connectivity index (χ4v) is 19.0. The summed E-state index contributed by atoms with van der Waals surface area (Å²) < 4.78 is 0. The highest BCUT2D eigenvalue weighted by Crippen LogP contribution is 2.67. The molecule has 0 aromatic heterocycles. The van der Waals surface area contributed by atoms with Crippen molar-refractivity contribution >= 4 is 25.4 Å². The molecule has 3 aliphatic carbocycles. The Balaban J connectivity index is 1.46. The number of hydrogen-bond acceptors (Lipinski definition) is 1. The van der Waals surface area contributed by atoms with Gasteiger partial charge in [0, 0.05) is 5.25 Å². The average Bonchev–Trinajstić information content (AvgIpc) is 3.30. The highest BCUT2D eigenvalue weighted by atomic mass is 32.2. The fourth-order valence-electron chi connectivity index (χ4n) is 9.94. The van der Waals surface area contributed by atoms with Crippen molar-refractivity contribution in [3.63, 3.8) is 0 Å². The minimum Gasteiger partial charge on any atom is -0.127 e. The van der Waals surface area contributed by atoms with Gasteiger partial charge in [0.05, 0.1) is 8.07 Å². The number of allylic oxidation sites excluding steroid dienone is 2. The van der Waals surface area contributed by atoms with Gasteiger partial charge in [-0.05, 0) is 114 Å². The molecular formula is C30H46SSi. The van der Waals surface area contributed by atoms with Gasteiger partial charge < -0.3 is 0 Å². The van der Waals surface area contributed by atoms with Gasteiger partial charge in [0.1, 0.15) is 0 Å². The van der Waals surface area contributed by atoms with E-state index in [9.17, 15) is 0 Å². The maximum absolute atomic E-state index is 2.84. The van der Waals surface area contributed by atoms with Gasteiger partial charge in [-0.2, -0.15) is 0 Å². The highest BCUT2D eigenvalue weighted by Gasteiger charge is 2.60. The molecule has 0 spiro atoms. The summed E-state index contributed by atoms with van der Waals surface area (Å²) in [5, 5.41) is 0.839. The van der Waals surface area contributed by atoms with E-state index < -0.39 is 8.07 Å². The van der Waals surface area contributed by atoms with Crippen LogP contribution in [0.4, 0.5) is 0 Å². The molecule has 1 aromatic carbocycles. The van der Waals surface area contributed by atoms with Crippen molar-refractivity contribution in [2.45, 2.75) is 96.7 Å². The molecule has 1 aromatic rings. The summed E-state index contributed by atoms with van der Waals surface area (Å²) in [5.41, 5.74) is 6.73. The summed E-state index contributed by atoms with van der Waals surface area (Å²) >= 11 is 2.29. The van der Waals surface area contributed by atoms with Crippen molar-refractivity contribution in [2.75, 3.05) is 0 Å². The van der Waals surface area contributed by atoms with Crippen LogP contribution in [0.25, 0.3) is 5.57 Å². The Morgan fingerprint density at radius 1 is 0.781 bits per heavy atom. The minimum atomic E-state index is -1.44. The molecule has 0 N–H and O–H groups in total. The van der Waals surface area contributed by atoms with Crippen LogP contribution in [0.15, 0.2) is 29.2 Å². The molecule has 1 heterocycles. The molecule has 176 valence electrons. The molecule has 3 saturated carbocycles. The Morgan fingerprint density at radius 3 is 2.19 bits per heavy atom. The Labute approximate surface area is 203 Å². The molecule has 0 bridgehead atoms. The van der Waals surface area contributed by atoms with E-state index >= 15 is 0 Å². The summed E-state index contributed by atoms with van der Waals surface area (Å²) in [5.74, 6) is 6.54. The van der Waals surface area contributed by atoms with E-state index in [0.717, 1.165) is 57.8 Å². The lowest BCUT2D eigenvalue weighted by Crippen LogP contribution is -2.47. The van der Waals surface area contributed by atoms with E-state index in [2.05, 4.69) is 90.7 Å². The van der Waals surface area contributed by atoms with Crippen LogP contribution in [0.3, 0.4) is 0 Å². The lowest BCUT2D eigenvalue weighted by atomic mass is 9.70. The maximum Gasteiger partial charge on any atom is 0.0555 e. The normalized spacial score (nSPS) is 44.1. The van der Waals surface area contributed by atoms with Gasteiger partial charge in [-0.15, -0.1) is 11.8 Å². The number of benzene rings is 1. The molecule has 5 rings (SSSR count). The number of fused-ring (bicyclic) bond motifs is 2. The molecule has 2 heteroatoms. The van der Waals surface area contributed by atoms with E-state index in [1.807, 2.05) is 0 Å². The van der Waals surface area contributed by atoms with Crippen LogP contribution in [0, 0.1) is 48.3 Å². The summed E-state index contributed by atoms with van der Waals surface area (Å²) in [4.78, 5) is 1.63. The number of rotatable bonds is 3. The second kappa shape index (κ2) is 8.33. The molecule has 32 heavy (non-hydrogen) atoms. The molecular weight excluding hydrogens is 420 g/mol. The molecule has 3 fully saturated rings. The van der Waals surface area contributed by atoms with Gasteiger partial charge in [0.15, 0.2) is 0 Å². The molecule has 10 unspecified atom stereocenters. The van der Waals surface area contributed by atoms with E-state index in [4.69, 9.17) is 0 Å². The van der Waals surface area contributed by atoms with Crippen molar-refractivity contribution in [3.05, 3.63) is 40.3 Å². The zero-order valence-corrected chi connectivity index (χ0v) is 23.6. The first kappa shape index (κ1) is 23.3. The van der Waals surface area contributed by atoms with Crippen LogP contribution in [0.5, 0.6) is 0 Å². The first-order valence-electron chi connectivity index (χ1n) is 13.5. The summed E-state index contributed by atoms with van der Waals surface area (Å²) in [7, 11) is -1.44. The number of aryl methyl sites for hydroxylation is 1. The van der Waals surface area contributed by atoms with E-state index in [-0.39, 0.29) is 0 Å². The van der Waals surface area contributed by atoms with Crippen LogP contribution in [-0.2, 0) is 0 Å². The second-order valence-corrected chi connectivity index (χ2v) is 19.5. The molecule has 0 saturated heterocycles. The third-order valence-corrected chi connectivity index (χ3v) is 17.7. The van der Waals surface area contributed by atoms with Crippen LogP contribution < -0.4 is 0 Å². The van der Waals surface area contributed by atoms with Crippen molar-refractivity contribution in [3.8, 4) is 0 Å². The SMILES string of the molecule is CC1=C(c2ccccc2C)C2CC(C)C([Si](C)(C)C3C(C)CC4C(C)CC(C)CC43)C2S1. The van der Waals surface area contributed by atoms with Crippen LogP contribution >= 0.6 is 11.8 Å². The monoisotopic (exact) mass is 466 g/mol. The first-order valence-corrected chi connectivity index (χ1v) is 17.6. The standard InChI is InChI=1S/C30H46SSi/c1-17-13-19(3)24-15-20(4)29(25(24)14-17)32(7,8)30-21(5)16-26-27(22(6)31-28(26)30)23-12-10-9-11-18(23)2/h9-12,17,19-21,24-26,28-30H,13-16H2,1-8H3. The molecule has 10 atom stereocenters. The second-order valence-electron chi connectivity index (χ2n) is 13.2. The minimum absolute atomic E-state index is 0.782. The molecule has 1 aliphatic heterocycles. The van der Waals surface area contributed by atoms with Gasteiger partial charge >= 0.3 is 0 Å². The van der Waals surface area contributed by atoms with Gasteiger partial charge in [-0.25, -0.2) is 0 Å². The average molecular weight is 467 g/mol. The zero-order valence-electron chi connectivity index (χ0n) is 21.8. The predicted octanol–water partition coefficient (Wildman–Crippen LogP) is 9.28. The van der Waals surface area contributed by atoms with E-state index in [1.54, 1.807) is 16.0 Å². The number of hydrogen-bond donors (Lipinski definition) is 0. The van der Waals surface area contributed by atoms with Gasteiger partial charge in [-0.3, -0.25) is 0 Å². The highest BCUT2D eigenvalue weighted by molar-refractivity contribution is 8.04. The topological polar surface area (TPSA) is 0 Å². The van der Waals surface area contributed by atoms with Gasteiger partial charge in [-0.1, -0.05) is 65.1 Å². The Kier molecular flexibility index (Phi) is 6.06.